The Morgan fingerprint density at radius 1 is 0.385 bits per heavy atom. The molecule has 0 radical (unpaired) electrons. The molecule has 0 atom stereocenters. The third kappa shape index (κ3) is 15.1. The van der Waals surface area contributed by atoms with Crippen LogP contribution < -0.4 is 14.4 Å². The second-order valence-corrected chi connectivity index (χ2v) is 17.0. The molecule has 3 nitrogen and oxygen atoms in total. The van der Waals surface area contributed by atoms with Crippen molar-refractivity contribution in [1.29, 1.82) is 0 Å². The van der Waals surface area contributed by atoms with Crippen molar-refractivity contribution in [3.8, 4) is 11.5 Å². The van der Waals surface area contributed by atoms with Gasteiger partial charge in [-0.25, -0.2) is 4.57 Å². The van der Waals surface area contributed by atoms with Crippen LogP contribution >= 0.6 is 7.60 Å². The van der Waals surface area contributed by atoms with Crippen molar-refractivity contribution in [3.63, 3.8) is 0 Å². The van der Waals surface area contributed by atoms with Crippen molar-refractivity contribution in [3.05, 3.63) is 88.5 Å². The van der Waals surface area contributed by atoms with E-state index in [1.54, 1.807) is 0 Å². The van der Waals surface area contributed by atoms with Gasteiger partial charge in [0.1, 0.15) is 11.5 Å². The number of hydrogen-bond acceptors (Lipinski definition) is 3. The summed E-state index contributed by atoms with van der Waals surface area (Å²) in [6.45, 7) is 11.3. The second-order valence-electron chi connectivity index (χ2n) is 15.1. The van der Waals surface area contributed by atoms with Crippen molar-refractivity contribution in [2.75, 3.05) is 0 Å². The smallest absolute Gasteiger partial charge is 0.413 e. The molecule has 0 spiro atoms. The summed E-state index contributed by atoms with van der Waals surface area (Å²) >= 11 is 0. The summed E-state index contributed by atoms with van der Waals surface area (Å²) in [6, 6.07) is 21.1. The number of rotatable bonds is 30. The van der Waals surface area contributed by atoms with E-state index in [1.165, 1.54) is 131 Å². The van der Waals surface area contributed by atoms with Gasteiger partial charge in [-0.2, -0.15) is 0 Å². The Kier molecular flexibility index (Phi) is 22.2. The lowest BCUT2D eigenvalue weighted by molar-refractivity contribution is 0.394. The first-order chi connectivity index (χ1) is 25.5. The molecule has 4 heteroatoms. The molecular weight excluding hydrogens is 655 g/mol. The van der Waals surface area contributed by atoms with Crippen LogP contribution in [0.1, 0.15) is 191 Å². The number of unbranched alkanes of at least 4 members (excludes halogenated alkanes) is 15. The molecule has 0 unspecified atom stereocenters. The van der Waals surface area contributed by atoms with Crippen LogP contribution in [0.15, 0.2) is 60.7 Å². The van der Waals surface area contributed by atoms with E-state index in [0.29, 0.717) is 0 Å². The summed E-state index contributed by atoms with van der Waals surface area (Å²) < 4.78 is 29.9. The van der Waals surface area contributed by atoms with Crippen LogP contribution in [0.2, 0.25) is 0 Å². The first kappa shape index (κ1) is 43.9. The van der Waals surface area contributed by atoms with Crippen LogP contribution in [-0.4, -0.2) is 0 Å². The van der Waals surface area contributed by atoms with Crippen molar-refractivity contribution < 1.29 is 13.6 Å². The molecule has 0 aliphatic carbocycles. The van der Waals surface area contributed by atoms with Gasteiger partial charge in [0.25, 0.3) is 0 Å². The fourth-order valence-electron chi connectivity index (χ4n) is 7.48. The molecular formula is C48H75O3P. The molecule has 0 saturated heterocycles. The van der Waals surface area contributed by atoms with E-state index >= 15 is 4.57 Å². The van der Waals surface area contributed by atoms with Crippen molar-refractivity contribution in [2.45, 2.75) is 195 Å². The molecule has 0 bridgehead atoms. The average Bonchev–Trinajstić information content (AvgIpc) is 3.15. The molecule has 0 fully saturated rings. The molecule has 3 rings (SSSR count). The average molecular weight is 731 g/mol. The largest absolute Gasteiger partial charge is 0.463 e. The van der Waals surface area contributed by atoms with Gasteiger partial charge in [-0.1, -0.05) is 173 Å². The highest BCUT2D eigenvalue weighted by atomic mass is 31.2. The lowest BCUT2D eigenvalue weighted by atomic mass is 9.96. The number of benzene rings is 3. The third-order valence-corrected chi connectivity index (χ3v) is 12.5. The number of aryl methyl sites for hydroxylation is 3. The van der Waals surface area contributed by atoms with Crippen molar-refractivity contribution >= 4 is 12.9 Å². The highest BCUT2D eigenvalue weighted by molar-refractivity contribution is 7.63. The monoisotopic (exact) mass is 731 g/mol. The Hall–Kier alpha value is -2.51. The van der Waals surface area contributed by atoms with Gasteiger partial charge in [-0.05, 0) is 110 Å². The summed E-state index contributed by atoms with van der Waals surface area (Å²) in [5, 5.41) is 0.724. The van der Waals surface area contributed by atoms with E-state index in [-0.39, 0.29) is 0 Å². The zero-order chi connectivity index (χ0) is 37.3. The minimum Gasteiger partial charge on any atom is -0.413 e. The van der Waals surface area contributed by atoms with Gasteiger partial charge in [-0.15, -0.1) is 0 Å². The normalized spacial score (nSPS) is 11.6. The topological polar surface area (TPSA) is 35.5 Å². The lowest BCUT2D eigenvalue weighted by Gasteiger charge is -2.26. The van der Waals surface area contributed by atoms with E-state index in [2.05, 4.69) is 83.1 Å². The fraction of sp³-hybridized carbons (Fsp3) is 0.625. The Balaban J connectivity index is 2.12. The van der Waals surface area contributed by atoms with Gasteiger partial charge < -0.3 is 9.05 Å². The van der Waals surface area contributed by atoms with Crippen LogP contribution in [0.5, 0.6) is 11.5 Å². The minimum absolute atomic E-state index is 0.724. The minimum atomic E-state index is -3.87. The van der Waals surface area contributed by atoms with E-state index in [9.17, 15) is 0 Å². The summed E-state index contributed by atoms with van der Waals surface area (Å²) in [5.74, 6) is 1.49. The molecule has 0 aliphatic heterocycles. The molecule has 290 valence electrons. The van der Waals surface area contributed by atoms with Crippen LogP contribution in [0.25, 0.3) is 0 Å². The first-order valence-electron chi connectivity index (χ1n) is 21.8. The van der Waals surface area contributed by atoms with Gasteiger partial charge in [0.2, 0.25) is 0 Å². The van der Waals surface area contributed by atoms with Gasteiger partial charge in [0.15, 0.2) is 0 Å². The maximum absolute atomic E-state index is 15.9. The highest BCUT2D eigenvalue weighted by Crippen LogP contribution is 2.51. The standard InChI is InChI=1S/C48H75O3P/c1-6-11-16-21-30-41-34-28-38-46(44(41)36-24-19-14-9-4)50-52(49,48-40-27-26-33-43(48)32-23-18-13-8-3)51-47-39-29-35-42(31-22-17-12-7-2)45(47)37-25-20-15-10-5/h26-29,33-35,38-40H,6-25,30-32,36-37H2,1-5H3. The summed E-state index contributed by atoms with van der Waals surface area (Å²) in [6.07, 6.45) is 28.7. The first-order valence-corrected chi connectivity index (χ1v) is 23.3. The Labute approximate surface area is 320 Å². The van der Waals surface area contributed by atoms with E-state index in [0.717, 1.165) is 73.7 Å². The zero-order valence-electron chi connectivity index (χ0n) is 34.1. The van der Waals surface area contributed by atoms with Crippen LogP contribution in [-0.2, 0) is 36.7 Å². The highest BCUT2D eigenvalue weighted by Gasteiger charge is 2.35. The third-order valence-electron chi connectivity index (χ3n) is 10.6. The zero-order valence-corrected chi connectivity index (χ0v) is 35.0. The van der Waals surface area contributed by atoms with Gasteiger partial charge in [-0.3, -0.25) is 0 Å². The summed E-state index contributed by atoms with van der Waals surface area (Å²) in [5.41, 5.74) is 6.22. The van der Waals surface area contributed by atoms with Gasteiger partial charge in [0.05, 0.1) is 5.30 Å². The van der Waals surface area contributed by atoms with E-state index < -0.39 is 7.60 Å². The second kappa shape index (κ2) is 26.3. The lowest BCUT2D eigenvalue weighted by Crippen LogP contribution is -2.20. The molecule has 0 amide bonds. The predicted octanol–water partition coefficient (Wildman–Crippen LogP) is 15.3. The Bertz CT molecular complexity index is 1350. The van der Waals surface area contributed by atoms with Crippen LogP contribution in [0.4, 0.5) is 0 Å². The summed E-state index contributed by atoms with van der Waals surface area (Å²) in [7, 11) is -3.87. The molecule has 0 aliphatic rings. The summed E-state index contributed by atoms with van der Waals surface area (Å²) in [4.78, 5) is 0. The van der Waals surface area contributed by atoms with Gasteiger partial charge in [0, 0.05) is 0 Å². The van der Waals surface area contributed by atoms with Crippen molar-refractivity contribution in [1.82, 2.24) is 0 Å². The molecule has 0 aromatic heterocycles. The van der Waals surface area contributed by atoms with Gasteiger partial charge >= 0.3 is 7.60 Å². The molecule has 0 N–H and O–H groups in total. The molecule has 52 heavy (non-hydrogen) atoms. The molecule has 0 saturated carbocycles. The molecule has 0 heterocycles. The Morgan fingerprint density at radius 2 is 0.731 bits per heavy atom. The van der Waals surface area contributed by atoms with Crippen molar-refractivity contribution in [2.24, 2.45) is 0 Å². The van der Waals surface area contributed by atoms with E-state index in [4.69, 9.17) is 9.05 Å². The number of hydrogen-bond donors (Lipinski definition) is 0. The molecule has 3 aromatic carbocycles. The molecule has 3 aromatic rings. The van der Waals surface area contributed by atoms with Crippen LogP contribution in [0, 0.1) is 0 Å². The maximum atomic E-state index is 15.9. The maximum Gasteiger partial charge on any atom is 0.463 e. The van der Waals surface area contributed by atoms with E-state index in [1.807, 2.05) is 12.1 Å². The quantitative estimate of drug-likeness (QED) is 0.0506. The Morgan fingerprint density at radius 3 is 1.13 bits per heavy atom. The van der Waals surface area contributed by atoms with Crippen LogP contribution in [0.3, 0.4) is 0 Å². The SMILES string of the molecule is CCCCCCc1ccccc1P(=O)(Oc1cccc(CCCCCC)c1CCCCCC)Oc1cccc(CCCCCC)c1CCCCCC. The predicted molar refractivity (Wildman–Crippen MR) is 227 cm³/mol. The fourth-order valence-corrected chi connectivity index (χ4v) is 9.38.